The first-order valence-corrected chi connectivity index (χ1v) is 12.5. The molecule has 0 saturated carbocycles. The number of aromatic nitrogens is 1. The molecule has 4 aromatic rings. The second kappa shape index (κ2) is 10.5. The van der Waals surface area contributed by atoms with E-state index in [-0.39, 0.29) is 17.6 Å². The highest BCUT2D eigenvalue weighted by Gasteiger charge is 2.28. The minimum absolute atomic E-state index is 0.0768. The number of hydrogen-bond donors (Lipinski definition) is 0. The molecule has 2 heterocycles. The number of hydrogen-bond acceptors (Lipinski definition) is 4. The molecule has 1 aliphatic heterocycles. The van der Waals surface area contributed by atoms with Crippen LogP contribution in [0.1, 0.15) is 23.5 Å². The van der Waals surface area contributed by atoms with Crippen LogP contribution in [0.3, 0.4) is 0 Å². The first-order valence-electron chi connectivity index (χ1n) is 12.5. The Morgan fingerprint density at radius 1 is 0.919 bits per heavy atom. The van der Waals surface area contributed by atoms with Crippen molar-refractivity contribution < 1.29 is 18.7 Å². The Bertz CT molecular complexity index is 1390. The van der Waals surface area contributed by atoms with Crippen LogP contribution in [-0.2, 0) is 11.8 Å². The lowest BCUT2D eigenvalue weighted by atomic mass is 9.87. The van der Waals surface area contributed by atoms with Gasteiger partial charge in [0.2, 0.25) is 5.91 Å². The number of fused-ring (bicyclic) bond motifs is 1. The summed E-state index contributed by atoms with van der Waals surface area (Å²) in [6.07, 6.45) is 2.43. The Balaban J connectivity index is 1.44. The topological polar surface area (TPSA) is 46.9 Å². The standard InChI is InChI=1S/C30H32FN3O3/c1-32-20-26(24-8-4-6-10-28(24)32)25(21-16-22(36-2)18-23(17-21)37-3)19-30(35)34-14-12-33(13-15-34)29-11-7-5-9-27(29)31/h4-11,16-18,20,25H,12-15,19H2,1-3H3. The van der Waals surface area contributed by atoms with Gasteiger partial charge in [0, 0.05) is 68.7 Å². The molecule has 1 unspecified atom stereocenters. The number of piperazine rings is 1. The first kappa shape index (κ1) is 24.7. The number of nitrogens with zero attached hydrogens (tertiary/aromatic N) is 3. The maximum atomic E-state index is 14.3. The third-order valence-electron chi connectivity index (χ3n) is 7.28. The van der Waals surface area contributed by atoms with Gasteiger partial charge in [0.15, 0.2) is 0 Å². The highest BCUT2D eigenvalue weighted by atomic mass is 19.1. The number of aryl methyl sites for hydroxylation is 1. The second-order valence-electron chi connectivity index (χ2n) is 9.43. The van der Waals surface area contributed by atoms with E-state index >= 15 is 0 Å². The zero-order valence-corrected chi connectivity index (χ0v) is 21.5. The van der Waals surface area contributed by atoms with E-state index in [1.165, 1.54) is 6.07 Å². The summed E-state index contributed by atoms with van der Waals surface area (Å²) in [7, 11) is 5.29. The van der Waals surface area contributed by atoms with Gasteiger partial charge in [-0.15, -0.1) is 0 Å². The summed E-state index contributed by atoms with van der Waals surface area (Å²) >= 11 is 0. The fraction of sp³-hybridized carbons (Fsp3) is 0.300. The van der Waals surface area contributed by atoms with Gasteiger partial charge in [-0.05, 0) is 41.5 Å². The van der Waals surface area contributed by atoms with E-state index in [1.54, 1.807) is 26.4 Å². The van der Waals surface area contributed by atoms with Crippen LogP contribution in [0, 0.1) is 5.82 Å². The molecule has 5 rings (SSSR count). The molecule has 192 valence electrons. The van der Waals surface area contributed by atoms with E-state index in [1.807, 2.05) is 53.2 Å². The second-order valence-corrected chi connectivity index (χ2v) is 9.43. The predicted octanol–water partition coefficient (Wildman–Crippen LogP) is 5.21. The fourth-order valence-electron chi connectivity index (χ4n) is 5.30. The van der Waals surface area contributed by atoms with Crippen LogP contribution in [0.25, 0.3) is 10.9 Å². The van der Waals surface area contributed by atoms with E-state index in [2.05, 4.69) is 22.9 Å². The number of carbonyl (C=O) groups excluding carboxylic acids is 1. The fourth-order valence-corrected chi connectivity index (χ4v) is 5.30. The van der Waals surface area contributed by atoms with Crippen LogP contribution < -0.4 is 14.4 Å². The van der Waals surface area contributed by atoms with Gasteiger partial charge in [-0.3, -0.25) is 4.79 Å². The van der Waals surface area contributed by atoms with Crippen molar-refractivity contribution in [3.8, 4) is 11.5 Å². The molecule has 1 fully saturated rings. The van der Waals surface area contributed by atoms with Crippen molar-refractivity contribution >= 4 is 22.5 Å². The monoisotopic (exact) mass is 501 g/mol. The summed E-state index contributed by atoms with van der Waals surface area (Å²) in [5.74, 6) is 1.03. The lowest BCUT2D eigenvalue weighted by Crippen LogP contribution is -2.49. The summed E-state index contributed by atoms with van der Waals surface area (Å²) in [5.41, 5.74) is 3.76. The molecule has 1 aliphatic rings. The van der Waals surface area contributed by atoms with Gasteiger partial charge >= 0.3 is 0 Å². The van der Waals surface area contributed by atoms with Gasteiger partial charge < -0.3 is 23.8 Å². The Labute approximate surface area is 216 Å². The first-order chi connectivity index (χ1) is 18.0. The van der Waals surface area contributed by atoms with Crippen LogP contribution in [0.15, 0.2) is 72.9 Å². The van der Waals surface area contributed by atoms with Crippen molar-refractivity contribution in [2.75, 3.05) is 45.3 Å². The summed E-state index contributed by atoms with van der Waals surface area (Å²) < 4.78 is 27.5. The van der Waals surface area contributed by atoms with Crippen molar-refractivity contribution in [3.05, 3.63) is 89.9 Å². The molecule has 0 radical (unpaired) electrons. The molecule has 3 aromatic carbocycles. The van der Waals surface area contributed by atoms with Crippen molar-refractivity contribution in [2.24, 2.45) is 7.05 Å². The smallest absolute Gasteiger partial charge is 0.223 e. The molecule has 6 nitrogen and oxygen atoms in total. The molecule has 0 aliphatic carbocycles. The number of anilines is 1. The molecule has 7 heteroatoms. The third kappa shape index (κ3) is 4.99. The number of halogens is 1. The minimum Gasteiger partial charge on any atom is -0.497 e. The van der Waals surface area contributed by atoms with E-state index in [9.17, 15) is 9.18 Å². The number of carbonyl (C=O) groups is 1. The van der Waals surface area contributed by atoms with E-state index in [0.29, 0.717) is 49.8 Å². The van der Waals surface area contributed by atoms with Crippen molar-refractivity contribution in [1.29, 1.82) is 0 Å². The van der Waals surface area contributed by atoms with Gasteiger partial charge in [0.25, 0.3) is 0 Å². The Morgan fingerprint density at radius 3 is 2.24 bits per heavy atom. The van der Waals surface area contributed by atoms with Crippen LogP contribution in [-0.4, -0.2) is 55.8 Å². The zero-order valence-electron chi connectivity index (χ0n) is 21.5. The zero-order chi connectivity index (χ0) is 25.9. The van der Waals surface area contributed by atoms with Gasteiger partial charge in [0.1, 0.15) is 17.3 Å². The Morgan fingerprint density at radius 2 is 1.57 bits per heavy atom. The molecule has 1 saturated heterocycles. The number of amides is 1. The Kier molecular flexibility index (Phi) is 7.04. The number of ether oxygens (including phenoxy) is 2. The third-order valence-corrected chi connectivity index (χ3v) is 7.28. The largest absolute Gasteiger partial charge is 0.497 e. The van der Waals surface area contributed by atoms with Gasteiger partial charge in [0.05, 0.1) is 19.9 Å². The maximum absolute atomic E-state index is 14.3. The normalized spacial score (nSPS) is 14.6. The maximum Gasteiger partial charge on any atom is 0.223 e. The van der Waals surface area contributed by atoms with E-state index < -0.39 is 0 Å². The molecular weight excluding hydrogens is 469 g/mol. The number of benzene rings is 3. The molecule has 1 amide bonds. The molecule has 0 N–H and O–H groups in total. The van der Waals surface area contributed by atoms with Crippen molar-refractivity contribution in [1.82, 2.24) is 9.47 Å². The van der Waals surface area contributed by atoms with Crippen molar-refractivity contribution in [3.63, 3.8) is 0 Å². The van der Waals surface area contributed by atoms with Gasteiger partial charge in [-0.2, -0.15) is 0 Å². The van der Waals surface area contributed by atoms with E-state index in [4.69, 9.17) is 9.47 Å². The molecule has 0 spiro atoms. The SMILES string of the molecule is COc1cc(OC)cc(C(CC(=O)N2CCN(c3ccccc3F)CC2)c2cn(C)c3ccccc23)c1. The van der Waals surface area contributed by atoms with Gasteiger partial charge in [-0.1, -0.05) is 30.3 Å². The number of methoxy groups -OCH3 is 2. The molecular formula is C30H32FN3O3. The van der Waals surface area contributed by atoms with Crippen LogP contribution >= 0.6 is 0 Å². The molecule has 0 bridgehead atoms. The highest BCUT2D eigenvalue weighted by Crippen LogP contribution is 2.38. The molecule has 1 aromatic heterocycles. The molecule has 37 heavy (non-hydrogen) atoms. The summed E-state index contributed by atoms with van der Waals surface area (Å²) in [4.78, 5) is 17.6. The van der Waals surface area contributed by atoms with Crippen molar-refractivity contribution in [2.45, 2.75) is 12.3 Å². The van der Waals surface area contributed by atoms with E-state index in [0.717, 1.165) is 22.0 Å². The average molecular weight is 502 g/mol. The Hall–Kier alpha value is -4.00. The lowest BCUT2D eigenvalue weighted by molar-refractivity contribution is -0.131. The predicted molar refractivity (Wildman–Crippen MR) is 144 cm³/mol. The molecule has 1 atom stereocenters. The number of rotatable bonds is 7. The summed E-state index contributed by atoms with van der Waals surface area (Å²) in [6, 6.07) is 20.9. The average Bonchev–Trinajstić information content (AvgIpc) is 3.27. The quantitative estimate of drug-likeness (QED) is 0.349. The lowest BCUT2D eigenvalue weighted by Gasteiger charge is -2.36. The van der Waals surface area contributed by atoms with Crippen LogP contribution in [0.5, 0.6) is 11.5 Å². The summed E-state index contributed by atoms with van der Waals surface area (Å²) in [6.45, 7) is 2.30. The van der Waals surface area contributed by atoms with Crippen LogP contribution in [0.2, 0.25) is 0 Å². The number of para-hydroxylation sites is 2. The van der Waals surface area contributed by atoms with Gasteiger partial charge in [-0.25, -0.2) is 4.39 Å². The highest BCUT2D eigenvalue weighted by molar-refractivity contribution is 5.87. The van der Waals surface area contributed by atoms with Crippen LogP contribution in [0.4, 0.5) is 10.1 Å². The minimum atomic E-state index is -0.231. The summed E-state index contributed by atoms with van der Waals surface area (Å²) in [5, 5.41) is 1.12.